The Morgan fingerprint density at radius 3 is 2.47 bits per heavy atom. The number of alkyl halides is 1. The summed E-state index contributed by atoms with van der Waals surface area (Å²) in [4.78, 5) is 17.8. The lowest BCUT2D eigenvalue weighted by Gasteiger charge is -2.29. The molecule has 1 fully saturated rings. The first kappa shape index (κ1) is 33.8. The van der Waals surface area contributed by atoms with Gasteiger partial charge in [-0.1, -0.05) is 37.3 Å². The summed E-state index contributed by atoms with van der Waals surface area (Å²) in [5.74, 6) is -0.0447. The molecule has 1 amide bonds. The Morgan fingerprint density at radius 1 is 1.26 bits per heavy atom. The number of carbonyl (C=O) groups excluding carboxylic acids is 1. The Balaban J connectivity index is 0.00000361. The van der Waals surface area contributed by atoms with Crippen LogP contribution < -0.4 is 20.3 Å². The van der Waals surface area contributed by atoms with Crippen LogP contribution in [0, 0.1) is 0 Å². The number of aliphatic hydroxyl groups is 1. The van der Waals surface area contributed by atoms with Gasteiger partial charge in [0.05, 0.1) is 18.4 Å². The van der Waals surface area contributed by atoms with Crippen molar-refractivity contribution in [1.82, 2.24) is 15.6 Å². The Morgan fingerprint density at radius 2 is 1.92 bits per heavy atom. The number of halogens is 3. The standard InChI is InChI=1S/C25H36FN5O4S.2ClH/c1-5-16(2)28-22-12-18(13-23(30-22)31(3)36(4,34)35)25(33)29-21(11-17-9-7-6-8-10-17)24(32)20-14-19(26)15-27-20;;/h6-10,12-13,16,19-21,24,27,32H,5,11,14-15H2,1-4H3,(H,28,30)(H,29,33);2*1H/t16-,19-,20+,21-,24+;;/m0../s1. The highest BCUT2D eigenvalue weighted by Gasteiger charge is 2.35. The lowest BCUT2D eigenvalue weighted by molar-refractivity contribution is 0.0729. The average molecular weight is 595 g/mol. The summed E-state index contributed by atoms with van der Waals surface area (Å²) < 4.78 is 39.1. The van der Waals surface area contributed by atoms with E-state index in [0.717, 1.165) is 22.5 Å². The molecule has 4 N–H and O–H groups in total. The van der Waals surface area contributed by atoms with Crippen LogP contribution in [0.3, 0.4) is 0 Å². The van der Waals surface area contributed by atoms with Gasteiger partial charge in [0.15, 0.2) is 0 Å². The molecule has 1 aliphatic rings. The second kappa shape index (κ2) is 14.8. The molecule has 0 unspecified atom stereocenters. The fraction of sp³-hybridized carbons (Fsp3) is 0.520. The molecule has 3 rings (SSSR count). The molecule has 0 bridgehead atoms. The SMILES string of the molecule is CC[C@H](C)Nc1cc(C(=O)N[C@@H](Cc2ccccc2)[C@H](O)[C@H]2C[C@H](F)CN2)cc(N(C)S(C)(=O)=O)n1.Cl.Cl. The van der Waals surface area contributed by atoms with Crippen LogP contribution in [0.1, 0.15) is 42.6 Å². The minimum absolute atomic E-state index is 0. The Bertz CT molecular complexity index is 1150. The number of rotatable bonds is 11. The molecule has 1 aromatic heterocycles. The van der Waals surface area contributed by atoms with Gasteiger partial charge in [-0.05, 0) is 43.9 Å². The van der Waals surface area contributed by atoms with Crippen LogP contribution in [0.4, 0.5) is 16.0 Å². The third kappa shape index (κ3) is 9.23. The van der Waals surface area contributed by atoms with E-state index in [4.69, 9.17) is 0 Å². The maximum absolute atomic E-state index is 13.8. The van der Waals surface area contributed by atoms with Gasteiger partial charge < -0.3 is 21.1 Å². The summed E-state index contributed by atoms with van der Waals surface area (Å²) in [6, 6.07) is 11.2. The van der Waals surface area contributed by atoms with Crippen LogP contribution in [0.2, 0.25) is 0 Å². The van der Waals surface area contributed by atoms with E-state index in [1.807, 2.05) is 44.2 Å². The van der Waals surface area contributed by atoms with Crippen LogP contribution in [0.5, 0.6) is 0 Å². The Hall–Kier alpha value is -2.18. The first-order valence-electron chi connectivity index (χ1n) is 12.1. The second-order valence-electron chi connectivity index (χ2n) is 9.39. The molecular weight excluding hydrogens is 556 g/mol. The molecule has 214 valence electrons. The number of nitrogens with zero attached hydrogens (tertiary/aromatic N) is 2. The number of anilines is 2. The highest BCUT2D eigenvalue weighted by Crippen LogP contribution is 2.22. The van der Waals surface area contributed by atoms with E-state index in [9.17, 15) is 22.7 Å². The predicted molar refractivity (Wildman–Crippen MR) is 154 cm³/mol. The smallest absolute Gasteiger partial charge is 0.251 e. The normalized spacial score (nSPS) is 19.3. The number of aromatic nitrogens is 1. The van der Waals surface area contributed by atoms with Crippen molar-refractivity contribution < 1.29 is 22.7 Å². The molecule has 1 saturated heterocycles. The number of amides is 1. The number of carbonyl (C=O) groups is 1. The molecule has 1 aliphatic heterocycles. The van der Waals surface area contributed by atoms with Gasteiger partial charge in [-0.25, -0.2) is 17.8 Å². The fourth-order valence-corrected chi connectivity index (χ4v) is 4.48. The first-order valence-corrected chi connectivity index (χ1v) is 14.0. The lowest BCUT2D eigenvalue weighted by atomic mass is 9.95. The van der Waals surface area contributed by atoms with E-state index in [0.29, 0.717) is 12.2 Å². The summed E-state index contributed by atoms with van der Waals surface area (Å²) in [6.45, 7) is 4.10. The predicted octanol–water partition coefficient (Wildman–Crippen LogP) is 2.93. The van der Waals surface area contributed by atoms with Crippen molar-refractivity contribution in [3.8, 4) is 0 Å². The molecule has 13 heteroatoms. The molecule has 0 aliphatic carbocycles. The van der Waals surface area contributed by atoms with E-state index in [1.54, 1.807) is 6.07 Å². The van der Waals surface area contributed by atoms with Gasteiger partial charge in [0.2, 0.25) is 10.0 Å². The highest BCUT2D eigenvalue weighted by atomic mass is 35.5. The van der Waals surface area contributed by atoms with Crippen LogP contribution >= 0.6 is 24.8 Å². The van der Waals surface area contributed by atoms with Crippen molar-refractivity contribution in [1.29, 1.82) is 0 Å². The zero-order valence-corrected chi connectivity index (χ0v) is 24.4. The van der Waals surface area contributed by atoms with Crippen LogP contribution in [-0.4, -0.2) is 74.7 Å². The summed E-state index contributed by atoms with van der Waals surface area (Å²) in [7, 11) is -2.25. The number of hydrogen-bond acceptors (Lipinski definition) is 7. The van der Waals surface area contributed by atoms with Crippen molar-refractivity contribution >= 4 is 52.4 Å². The molecule has 5 atom stereocenters. The Labute approximate surface area is 236 Å². The van der Waals surface area contributed by atoms with Gasteiger partial charge in [0, 0.05) is 31.2 Å². The van der Waals surface area contributed by atoms with Gasteiger partial charge >= 0.3 is 0 Å². The van der Waals surface area contributed by atoms with E-state index in [2.05, 4.69) is 20.9 Å². The van der Waals surface area contributed by atoms with Gasteiger partial charge in [-0.3, -0.25) is 9.10 Å². The topological polar surface area (TPSA) is 124 Å². The van der Waals surface area contributed by atoms with Crippen molar-refractivity contribution in [2.75, 3.05) is 29.5 Å². The van der Waals surface area contributed by atoms with Crippen molar-refractivity contribution in [2.45, 2.75) is 63.5 Å². The maximum atomic E-state index is 13.8. The van der Waals surface area contributed by atoms with Gasteiger partial charge in [-0.2, -0.15) is 0 Å². The van der Waals surface area contributed by atoms with E-state index >= 15 is 0 Å². The number of nitrogens with one attached hydrogen (secondary N) is 3. The van der Waals surface area contributed by atoms with Crippen LogP contribution in [-0.2, 0) is 16.4 Å². The summed E-state index contributed by atoms with van der Waals surface area (Å²) >= 11 is 0. The first-order chi connectivity index (χ1) is 17.0. The van der Waals surface area contributed by atoms with Gasteiger partial charge in [-0.15, -0.1) is 24.8 Å². The second-order valence-corrected chi connectivity index (χ2v) is 11.4. The zero-order chi connectivity index (χ0) is 26.5. The zero-order valence-electron chi connectivity index (χ0n) is 21.9. The van der Waals surface area contributed by atoms with Crippen LogP contribution in [0.15, 0.2) is 42.5 Å². The number of sulfonamides is 1. The molecule has 0 radical (unpaired) electrons. The monoisotopic (exact) mass is 593 g/mol. The van der Waals surface area contributed by atoms with Gasteiger partial charge in [0.25, 0.3) is 5.91 Å². The number of pyridine rings is 1. The Kier molecular flexibility index (Phi) is 13.2. The minimum atomic E-state index is -3.62. The van der Waals surface area contributed by atoms with E-state index in [1.165, 1.54) is 13.1 Å². The summed E-state index contributed by atoms with van der Waals surface area (Å²) in [6.07, 6.45) is 0.257. The molecular formula is C25H38Cl2FN5O4S. The van der Waals surface area contributed by atoms with Crippen molar-refractivity contribution in [2.24, 2.45) is 0 Å². The summed E-state index contributed by atoms with van der Waals surface area (Å²) in [5, 5.41) is 20.2. The maximum Gasteiger partial charge on any atom is 0.251 e. The molecule has 1 aromatic carbocycles. The van der Waals surface area contributed by atoms with Gasteiger partial charge in [0.1, 0.15) is 17.8 Å². The third-order valence-electron chi connectivity index (χ3n) is 6.45. The van der Waals surface area contributed by atoms with Crippen molar-refractivity contribution in [3.63, 3.8) is 0 Å². The largest absolute Gasteiger partial charge is 0.389 e. The van der Waals surface area contributed by atoms with Crippen molar-refractivity contribution in [3.05, 3.63) is 53.6 Å². The quantitative estimate of drug-likeness (QED) is 0.316. The fourth-order valence-electron chi connectivity index (χ4n) is 4.05. The number of aliphatic hydroxyl groups excluding tert-OH is 1. The molecule has 2 heterocycles. The number of hydrogen-bond donors (Lipinski definition) is 4. The highest BCUT2D eigenvalue weighted by molar-refractivity contribution is 7.92. The molecule has 0 saturated carbocycles. The third-order valence-corrected chi connectivity index (χ3v) is 7.63. The molecule has 2 aromatic rings. The minimum Gasteiger partial charge on any atom is -0.389 e. The average Bonchev–Trinajstić information content (AvgIpc) is 3.28. The molecule has 38 heavy (non-hydrogen) atoms. The van der Waals surface area contributed by atoms with Crippen LogP contribution in [0.25, 0.3) is 0 Å². The van der Waals surface area contributed by atoms with E-state index in [-0.39, 0.29) is 55.2 Å². The number of benzene rings is 1. The van der Waals surface area contributed by atoms with E-state index < -0.39 is 40.3 Å². The molecule has 0 spiro atoms. The lowest BCUT2D eigenvalue weighted by Crippen LogP contribution is -2.52. The summed E-state index contributed by atoms with van der Waals surface area (Å²) in [5.41, 5.74) is 1.09. The molecule has 9 nitrogen and oxygen atoms in total.